The van der Waals surface area contributed by atoms with E-state index >= 15 is 0 Å². The van der Waals surface area contributed by atoms with Gasteiger partial charge in [-0.25, -0.2) is 0 Å². The van der Waals surface area contributed by atoms with E-state index in [1.165, 1.54) is 5.56 Å². The van der Waals surface area contributed by atoms with Crippen molar-refractivity contribution in [3.8, 4) is 0 Å². The summed E-state index contributed by atoms with van der Waals surface area (Å²) in [4.78, 5) is 29.4. The highest BCUT2D eigenvalue weighted by atomic mass is 35.5. The van der Waals surface area contributed by atoms with Gasteiger partial charge in [0.15, 0.2) is 0 Å². The molecule has 0 radical (unpaired) electrons. The van der Waals surface area contributed by atoms with Gasteiger partial charge in [0.2, 0.25) is 11.8 Å². The molecule has 0 saturated carbocycles. The average molecular weight is 380 g/mol. The Morgan fingerprint density at radius 2 is 1.88 bits per heavy atom. The fourth-order valence-electron chi connectivity index (χ4n) is 3.91. The van der Waals surface area contributed by atoms with Crippen LogP contribution in [0.25, 0.3) is 0 Å². The third-order valence-electron chi connectivity index (χ3n) is 5.32. The monoisotopic (exact) mass is 379 g/mol. The molecule has 144 valence electrons. The van der Waals surface area contributed by atoms with Crippen molar-refractivity contribution in [2.75, 3.05) is 31.1 Å². The van der Waals surface area contributed by atoms with E-state index in [-0.39, 0.29) is 30.1 Å². The highest BCUT2D eigenvalue weighted by Crippen LogP contribution is 2.28. The van der Waals surface area contributed by atoms with Gasteiger partial charge in [0.1, 0.15) is 0 Å². The number of benzene rings is 1. The number of aryl methyl sites for hydroxylation is 1. The predicted octanol–water partition coefficient (Wildman–Crippen LogP) is 2.76. The van der Waals surface area contributed by atoms with Crippen LogP contribution in [0.3, 0.4) is 0 Å². The van der Waals surface area contributed by atoms with Gasteiger partial charge in [-0.15, -0.1) is 12.4 Å². The van der Waals surface area contributed by atoms with Gasteiger partial charge in [-0.05, 0) is 51.4 Å². The fraction of sp³-hybridized carbons (Fsp3) is 0.600. The minimum Gasteiger partial charge on any atom is -0.339 e. The fourth-order valence-corrected chi connectivity index (χ4v) is 3.91. The predicted molar refractivity (Wildman–Crippen MR) is 107 cm³/mol. The van der Waals surface area contributed by atoms with Crippen LogP contribution >= 0.6 is 12.4 Å². The molecule has 2 aliphatic rings. The summed E-state index contributed by atoms with van der Waals surface area (Å²) >= 11 is 0. The van der Waals surface area contributed by atoms with E-state index in [9.17, 15) is 9.59 Å². The molecule has 1 unspecified atom stereocenters. The smallest absolute Gasteiger partial charge is 0.228 e. The Labute approximate surface area is 162 Å². The lowest BCUT2D eigenvalue weighted by atomic mass is 10.0. The second-order valence-corrected chi connectivity index (χ2v) is 7.25. The molecule has 3 rings (SSSR count). The second kappa shape index (κ2) is 9.38. The van der Waals surface area contributed by atoms with Gasteiger partial charge in [0.05, 0.1) is 5.92 Å². The lowest BCUT2D eigenvalue weighted by Gasteiger charge is -2.36. The standard InChI is InChI=1S/C20H29N3O2.ClH/c1-3-12-22(18-8-10-21-11-9-18)20(25)16-13-19(24)23(14-16)17-6-4-15(2)5-7-17;/h4-7,16,18,21H,3,8-14H2,1-2H3;1H. The Morgan fingerprint density at radius 1 is 1.23 bits per heavy atom. The summed E-state index contributed by atoms with van der Waals surface area (Å²) in [6.07, 6.45) is 3.30. The van der Waals surface area contributed by atoms with Gasteiger partial charge in [0.25, 0.3) is 0 Å². The number of anilines is 1. The molecule has 2 aliphatic heterocycles. The lowest BCUT2D eigenvalue weighted by Crippen LogP contribution is -2.48. The molecule has 0 bridgehead atoms. The van der Waals surface area contributed by atoms with Gasteiger partial charge >= 0.3 is 0 Å². The first-order valence-electron chi connectivity index (χ1n) is 9.48. The van der Waals surface area contributed by atoms with Gasteiger partial charge in [-0.3, -0.25) is 9.59 Å². The normalized spacial score (nSPS) is 20.8. The first-order chi connectivity index (χ1) is 12.1. The van der Waals surface area contributed by atoms with Crippen molar-refractivity contribution in [1.29, 1.82) is 0 Å². The Hall–Kier alpha value is -1.59. The van der Waals surface area contributed by atoms with E-state index in [4.69, 9.17) is 0 Å². The number of rotatable bonds is 5. The molecule has 0 aromatic heterocycles. The molecule has 1 aromatic rings. The van der Waals surface area contributed by atoms with E-state index in [0.717, 1.165) is 44.6 Å². The zero-order chi connectivity index (χ0) is 17.8. The number of hydrogen-bond donors (Lipinski definition) is 1. The molecule has 1 N–H and O–H groups in total. The van der Waals surface area contributed by atoms with Crippen LogP contribution in [0.1, 0.15) is 38.2 Å². The molecular weight excluding hydrogens is 350 g/mol. The zero-order valence-electron chi connectivity index (χ0n) is 15.7. The molecule has 2 amide bonds. The van der Waals surface area contributed by atoms with E-state index < -0.39 is 0 Å². The number of nitrogens with one attached hydrogen (secondary N) is 1. The number of carbonyl (C=O) groups is 2. The van der Waals surface area contributed by atoms with Gasteiger partial charge in [-0.2, -0.15) is 0 Å². The lowest BCUT2D eigenvalue weighted by molar-refractivity contribution is -0.138. The maximum absolute atomic E-state index is 13.1. The van der Waals surface area contributed by atoms with E-state index in [0.29, 0.717) is 19.0 Å². The van der Waals surface area contributed by atoms with Gasteiger partial charge in [0, 0.05) is 31.2 Å². The highest BCUT2D eigenvalue weighted by Gasteiger charge is 2.38. The van der Waals surface area contributed by atoms with Crippen LogP contribution in [-0.2, 0) is 9.59 Å². The molecule has 0 aliphatic carbocycles. The molecule has 5 nitrogen and oxygen atoms in total. The summed E-state index contributed by atoms with van der Waals surface area (Å²) in [5, 5.41) is 3.36. The average Bonchev–Trinajstić information content (AvgIpc) is 3.02. The summed E-state index contributed by atoms with van der Waals surface area (Å²) in [6, 6.07) is 8.27. The Morgan fingerprint density at radius 3 is 2.50 bits per heavy atom. The SMILES string of the molecule is CCCN(C(=O)C1CC(=O)N(c2ccc(C)cc2)C1)C1CCNCC1.Cl. The molecule has 6 heteroatoms. The minimum absolute atomic E-state index is 0. The van der Waals surface area contributed by atoms with Crippen molar-refractivity contribution in [2.24, 2.45) is 5.92 Å². The second-order valence-electron chi connectivity index (χ2n) is 7.25. The van der Waals surface area contributed by atoms with Gasteiger partial charge < -0.3 is 15.1 Å². The van der Waals surface area contributed by atoms with Crippen molar-refractivity contribution in [3.63, 3.8) is 0 Å². The number of nitrogens with zero attached hydrogens (tertiary/aromatic N) is 2. The van der Waals surface area contributed by atoms with Crippen molar-refractivity contribution < 1.29 is 9.59 Å². The van der Waals surface area contributed by atoms with E-state index in [1.54, 1.807) is 4.90 Å². The van der Waals surface area contributed by atoms with Gasteiger partial charge in [-0.1, -0.05) is 24.6 Å². The maximum atomic E-state index is 13.1. The third kappa shape index (κ3) is 4.57. The first kappa shape index (κ1) is 20.7. The van der Waals surface area contributed by atoms with Crippen molar-refractivity contribution >= 4 is 29.9 Å². The van der Waals surface area contributed by atoms with E-state index in [1.807, 2.05) is 31.2 Å². The molecule has 1 aromatic carbocycles. The van der Waals surface area contributed by atoms with Crippen LogP contribution < -0.4 is 10.2 Å². The van der Waals surface area contributed by atoms with Crippen LogP contribution in [0.15, 0.2) is 24.3 Å². The number of piperidine rings is 1. The third-order valence-corrected chi connectivity index (χ3v) is 5.32. The Kier molecular flexibility index (Phi) is 7.47. The van der Waals surface area contributed by atoms with Crippen LogP contribution in [0, 0.1) is 12.8 Å². The quantitative estimate of drug-likeness (QED) is 0.855. The number of halogens is 1. The molecular formula is C20H30ClN3O2. The largest absolute Gasteiger partial charge is 0.339 e. The van der Waals surface area contributed by atoms with Crippen molar-refractivity contribution in [3.05, 3.63) is 29.8 Å². The minimum atomic E-state index is -0.213. The summed E-state index contributed by atoms with van der Waals surface area (Å²) in [7, 11) is 0. The molecule has 2 saturated heterocycles. The van der Waals surface area contributed by atoms with Crippen molar-refractivity contribution in [2.45, 2.75) is 45.6 Å². The molecule has 2 fully saturated rings. The maximum Gasteiger partial charge on any atom is 0.228 e. The molecule has 26 heavy (non-hydrogen) atoms. The summed E-state index contributed by atoms with van der Waals surface area (Å²) in [5.74, 6) is 0.0101. The molecule has 2 heterocycles. The summed E-state index contributed by atoms with van der Waals surface area (Å²) in [6.45, 7) is 7.38. The number of amides is 2. The Balaban J connectivity index is 0.00000243. The Bertz CT molecular complexity index is 614. The van der Waals surface area contributed by atoms with Crippen LogP contribution in [0.2, 0.25) is 0 Å². The van der Waals surface area contributed by atoms with Crippen LogP contribution in [0.4, 0.5) is 5.69 Å². The van der Waals surface area contributed by atoms with Crippen LogP contribution in [0.5, 0.6) is 0 Å². The number of carbonyl (C=O) groups excluding carboxylic acids is 2. The highest BCUT2D eigenvalue weighted by molar-refractivity contribution is 6.00. The van der Waals surface area contributed by atoms with Crippen LogP contribution in [-0.4, -0.2) is 48.9 Å². The number of hydrogen-bond acceptors (Lipinski definition) is 3. The summed E-state index contributed by atoms with van der Waals surface area (Å²) in [5.41, 5.74) is 2.07. The topological polar surface area (TPSA) is 52.7 Å². The first-order valence-corrected chi connectivity index (χ1v) is 9.48. The zero-order valence-corrected chi connectivity index (χ0v) is 16.6. The van der Waals surface area contributed by atoms with Crippen molar-refractivity contribution in [1.82, 2.24) is 10.2 Å². The summed E-state index contributed by atoms with van der Waals surface area (Å²) < 4.78 is 0. The van der Waals surface area contributed by atoms with E-state index in [2.05, 4.69) is 17.1 Å². The molecule has 1 atom stereocenters. The molecule has 0 spiro atoms.